The molecule has 3 heterocycles. The molecule has 276 valence electrons. The number of fused-ring (bicyclic) bond motifs is 5. The molecule has 3 aliphatic rings. The number of rotatable bonds is 7. The molecule has 0 radical (unpaired) electrons. The maximum absolute atomic E-state index is 14.0. The zero-order chi connectivity index (χ0) is 37.1. The number of carbonyl (C=O) groups excluding carboxylic acids is 4. The summed E-state index contributed by atoms with van der Waals surface area (Å²) in [4.78, 5) is 55.3. The van der Waals surface area contributed by atoms with Gasteiger partial charge in [0, 0.05) is 40.0 Å². The molecule has 0 saturated carbocycles. The zero-order valence-electron chi connectivity index (χ0n) is 29.7. The molecule has 3 amide bonds. The number of alkyl carbamates (subject to hydrolysis) is 1. The third kappa shape index (κ3) is 8.26. The zero-order valence-corrected chi connectivity index (χ0v) is 30.5. The minimum Gasteiger partial charge on any atom is -0.495 e. The summed E-state index contributed by atoms with van der Waals surface area (Å²) in [6, 6.07) is 2.50. The average Bonchev–Trinajstić information content (AvgIpc) is 3.76. The number of esters is 1. The van der Waals surface area contributed by atoms with Crippen molar-refractivity contribution in [1.29, 1.82) is 0 Å². The lowest BCUT2D eigenvalue weighted by Crippen LogP contribution is -2.63. The molecule has 8 atom stereocenters. The Kier molecular flexibility index (Phi) is 12.3. The number of hydrogen-bond acceptors (Lipinski definition) is 11. The number of epoxide rings is 1. The first-order valence-corrected chi connectivity index (χ1v) is 16.8. The highest BCUT2D eigenvalue weighted by Gasteiger charge is 2.64. The number of methoxy groups -OCH3 is 2. The van der Waals surface area contributed by atoms with Crippen LogP contribution in [0.2, 0.25) is 5.02 Å². The number of ether oxygens (including phenoxy) is 5. The van der Waals surface area contributed by atoms with Gasteiger partial charge >= 0.3 is 12.1 Å². The average molecular weight is 722 g/mol. The number of carbonyl (C=O) groups is 4. The second-order valence-corrected chi connectivity index (χ2v) is 13.8. The number of allylic oxidation sites excluding steroid dienone is 3. The van der Waals surface area contributed by atoms with Gasteiger partial charge in [-0.2, -0.15) is 0 Å². The number of benzene rings is 1. The Morgan fingerprint density at radius 2 is 1.96 bits per heavy atom. The lowest BCUT2D eigenvalue weighted by atomic mass is 9.83. The third-order valence-electron chi connectivity index (χ3n) is 9.85. The Bertz CT molecular complexity index is 1530. The molecule has 15 heteroatoms. The van der Waals surface area contributed by atoms with Crippen LogP contribution >= 0.6 is 11.6 Å². The van der Waals surface area contributed by atoms with E-state index in [0.29, 0.717) is 17.9 Å². The first-order valence-electron chi connectivity index (χ1n) is 16.4. The van der Waals surface area contributed by atoms with Crippen molar-refractivity contribution in [2.75, 3.05) is 39.8 Å². The molecule has 2 saturated heterocycles. The first kappa shape index (κ1) is 39.1. The van der Waals surface area contributed by atoms with E-state index in [9.17, 15) is 29.4 Å². The van der Waals surface area contributed by atoms with Crippen LogP contribution in [0.5, 0.6) is 5.75 Å². The summed E-state index contributed by atoms with van der Waals surface area (Å²) in [5.74, 6) is -1.90. The van der Waals surface area contributed by atoms with E-state index in [2.05, 4.69) is 5.32 Å². The van der Waals surface area contributed by atoms with Crippen molar-refractivity contribution < 1.29 is 53.1 Å². The van der Waals surface area contributed by atoms with Crippen LogP contribution in [0, 0.1) is 5.92 Å². The monoisotopic (exact) mass is 721 g/mol. The molecule has 1 unspecified atom stereocenters. The van der Waals surface area contributed by atoms with E-state index in [1.54, 1.807) is 45.2 Å². The van der Waals surface area contributed by atoms with E-state index < -0.39 is 71.6 Å². The van der Waals surface area contributed by atoms with Crippen LogP contribution in [-0.4, -0.2) is 116 Å². The highest BCUT2D eigenvalue weighted by molar-refractivity contribution is 6.35. The summed E-state index contributed by atoms with van der Waals surface area (Å²) >= 11 is 6.72. The summed E-state index contributed by atoms with van der Waals surface area (Å²) in [7, 11) is 5.87. The van der Waals surface area contributed by atoms with Gasteiger partial charge < -0.3 is 43.7 Å². The van der Waals surface area contributed by atoms with Gasteiger partial charge in [0.1, 0.15) is 40.7 Å². The number of hydrogen-bond donors (Lipinski definition) is 3. The van der Waals surface area contributed by atoms with Crippen molar-refractivity contribution in [3.8, 4) is 5.75 Å². The van der Waals surface area contributed by atoms with Crippen LogP contribution in [0.15, 0.2) is 35.9 Å². The van der Waals surface area contributed by atoms with Crippen LogP contribution in [0.3, 0.4) is 0 Å². The van der Waals surface area contributed by atoms with Gasteiger partial charge in [-0.3, -0.25) is 14.9 Å². The molecule has 1 aromatic rings. The van der Waals surface area contributed by atoms with Crippen molar-refractivity contribution in [2.45, 2.75) is 95.2 Å². The molecule has 0 aromatic heterocycles. The van der Waals surface area contributed by atoms with Crippen LogP contribution in [0.25, 0.3) is 0 Å². The molecule has 3 aliphatic heterocycles. The minimum atomic E-state index is -1.83. The van der Waals surface area contributed by atoms with E-state index in [1.165, 1.54) is 33.1 Å². The fourth-order valence-electron chi connectivity index (χ4n) is 6.49. The lowest BCUT2D eigenvalue weighted by Gasteiger charge is -2.42. The van der Waals surface area contributed by atoms with E-state index in [0.717, 1.165) is 16.0 Å². The Morgan fingerprint density at radius 3 is 2.60 bits per heavy atom. The van der Waals surface area contributed by atoms with Crippen LogP contribution in [0.1, 0.15) is 52.5 Å². The van der Waals surface area contributed by atoms with Crippen molar-refractivity contribution in [3.05, 3.63) is 46.5 Å². The Hall–Kier alpha value is -3.69. The Labute approximate surface area is 297 Å². The second-order valence-electron chi connectivity index (χ2n) is 13.4. The maximum atomic E-state index is 14.0. The van der Waals surface area contributed by atoms with Crippen molar-refractivity contribution in [2.24, 2.45) is 5.92 Å². The third-order valence-corrected chi connectivity index (χ3v) is 10.2. The largest absolute Gasteiger partial charge is 0.495 e. The van der Waals surface area contributed by atoms with Crippen LogP contribution in [0.4, 0.5) is 10.5 Å². The molecular formula is C35H48ClN3O11. The molecule has 3 N–H and O–H groups in total. The molecular weight excluding hydrogens is 674 g/mol. The number of aliphatic hydroxyl groups is 2. The maximum Gasteiger partial charge on any atom is 0.409 e. The molecule has 1 aromatic carbocycles. The number of amides is 3. The van der Waals surface area contributed by atoms with Crippen molar-refractivity contribution in [3.63, 3.8) is 0 Å². The molecule has 0 spiro atoms. The summed E-state index contributed by atoms with van der Waals surface area (Å²) in [5, 5.41) is 23.6. The highest BCUT2D eigenvalue weighted by atomic mass is 35.5. The second kappa shape index (κ2) is 15.7. The Morgan fingerprint density at radius 1 is 1.26 bits per heavy atom. The van der Waals surface area contributed by atoms with Gasteiger partial charge in [-0.05, 0) is 44.9 Å². The highest BCUT2D eigenvalue weighted by Crippen LogP contribution is 2.49. The van der Waals surface area contributed by atoms with Crippen LogP contribution < -0.4 is 15.0 Å². The summed E-state index contributed by atoms with van der Waals surface area (Å²) < 4.78 is 28.9. The SMILES string of the molecule is COc1cc2cc(c1Cl)N(C)C(=O)C[C@H](OC(=O)[C@H](C)N(C)C(=O)CCO)[C@@]1(C)OC1[C@H](C)[C@@H]1C[C@@](O)(NC(=O)O1)[C@H](OC)/C=C/C=C(\C)C2. The first-order chi connectivity index (χ1) is 23.5. The van der Waals surface area contributed by atoms with Gasteiger partial charge in [0.05, 0.1) is 31.9 Å². The van der Waals surface area contributed by atoms with Gasteiger partial charge in [0.25, 0.3) is 0 Å². The van der Waals surface area contributed by atoms with Crippen LogP contribution in [-0.2, 0) is 39.8 Å². The quantitative estimate of drug-likeness (QED) is 0.279. The number of nitrogens with zero attached hydrogens (tertiary/aromatic N) is 2. The molecule has 2 fully saturated rings. The van der Waals surface area contributed by atoms with Gasteiger partial charge in [-0.25, -0.2) is 9.59 Å². The molecule has 0 aliphatic carbocycles. The molecule has 4 bridgehead atoms. The Balaban J connectivity index is 1.78. The molecule has 50 heavy (non-hydrogen) atoms. The van der Waals surface area contributed by atoms with E-state index in [-0.39, 0.29) is 30.9 Å². The molecule has 14 nitrogen and oxygen atoms in total. The summed E-state index contributed by atoms with van der Waals surface area (Å²) in [6.07, 6.45) is 0.598. The predicted molar refractivity (Wildman–Crippen MR) is 183 cm³/mol. The normalized spacial score (nSPS) is 32.3. The van der Waals surface area contributed by atoms with Gasteiger partial charge in [-0.1, -0.05) is 42.3 Å². The minimum absolute atomic E-state index is 0.0631. The number of anilines is 1. The number of aliphatic hydroxyl groups excluding tert-OH is 1. The summed E-state index contributed by atoms with van der Waals surface area (Å²) in [6.45, 7) is 6.47. The number of likely N-dealkylation sites (N-methyl/N-ethyl adjacent to an activating group) is 1. The number of halogens is 1. The van der Waals surface area contributed by atoms with E-state index >= 15 is 0 Å². The van der Waals surface area contributed by atoms with E-state index in [4.69, 9.17) is 35.3 Å². The fraction of sp³-hybridized carbons (Fsp3) is 0.600. The predicted octanol–water partition coefficient (Wildman–Crippen LogP) is 2.90. The van der Waals surface area contributed by atoms with Gasteiger partial charge in [0.2, 0.25) is 11.8 Å². The summed E-state index contributed by atoms with van der Waals surface area (Å²) in [5.41, 5.74) is -0.982. The fourth-order valence-corrected chi connectivity index (χ4v) is 6.80. The van der Waals surface area contributed by atoms with Gasteiger partial charge in [-0.15, -0.1) is 0 Å². The van der Waals surface area contributed by atoms with Crippen molar-refractivity contribution >= 4 is 41.2 Å². The lowest BCUT2D eigenvalue weighted by molar-refractivity contribution is -0.162. The topological polar surface area (TPSA) is 177 Å². The standard InChI is InChI=1S/C35H48ClN3O11/c1-19-10-9-11-26(47-8)35(45)18-25(48-33(44)37-35)20(2)31-34(4,50-31)27(49-32(43)21(3)38(5)28(41)12-13-40)17-29(42)39(6)23-15-22(14-19)16-24(46-7)30(23)36/h9-11,15-16,20-21,25-27,31,40,45H,12-14,17-18H2,1-8H3,(H,37,44)/b11-9+,19-10+/t20-,21+,25+,26-,27+,31?,34-,35+/m1/s1. The smallest absolute Gasteiger partial charge is 0.409 e. The van der Waals surface area contributed by atoms with Gasteiger partial charge in [0.15, 0.2) is 5.72 Å². The van der Waals surface area contributed by atoms with Crippen molar-refractivity contribution in [1.82, 2.24) is 10.2 Å². The molecule has 4 rings (SSSR count). The number of nitrogens with one attached hydrogen (secondary N) is 1. The van der Waals surface area contributed by atoms with E-state index in [1.807, 2.05) is 13.0 Å².